The molecule has 0 heterocycles. The molecule has 0 aliphatic heterocycles. The van der Waals surface area contributed by atoms with Crippen LogP contribution in [0.5, 0.6) is 0 Å². The molecule has 1 aromatic carbocycles. The molecular weight excluding hydrogens is 264 g/mol. The van der Waals surface area contributed by atoms with Gasteiger partial charge in [-0.1, -0.05) is 43.2 Å². The maximum absolute atomic E-state index is 11.5. The van der Waals surface area contributed by atoms with Crippen molar-refractivity contribution in [2.45, 2.75) is 51.2 Å². The maximum Gasteiger partial charge on any atom is 0.407 e. The minimum absolute atomic E-state index is 0.326. The first-order valence-electron chi connectivity index (χ1n) is 7.94. The quantitative estimate of drug-likeness (QED) is 0.758. The number of alkyl carbamates (subject to hydrolysis) is 1. The van der Waals surface area contributed by atoms with Gasteiger partial charge in [-0.25, -0.2) is 4.79 Å². The Morgan fingerprint density at radius 1 is 1.24 bits per heavy atom. The summed E-state index contributed by atoms with van der Waals surface area (Å²) < 4.78 is 5.16. The van der Waals surface area contributed by atoms with Gasteiger partial charge < -0.3 is 15.8 Å². The Morgan fingerprint density at radius 2 is 2.05 bits per heavy atom. The molecule has 1 aliphatic carbocycles. The van der Waals surface area contributed by atoms with E-state index in [0.29, 0.717) is 19.2 Å². The van der Waals surface area contributed by atoms with Crippen molar-refractivity contribution < 1.29 is 9.53 Å². The van der Waals surface area contributed by atoms with Crippen LogP contribution in [0.25, 0.3) is 0 Å². The summed E-state index contributed by atoms with van der Waals surface area (Å²) in [4.78, 5) is 11.5. The monoisotopic (exact) mass is 290 g/mol. The van der Waals surface area contributed by atoms with E-state index < -0.39 is 0 Å². The third-order valence-corrected chi connectivity index (χ3v) is 4.10. The first-order valence-corrected chi connectivity index (χ1v) is 7.94. The number of rotatable bonds is 7. The van der Waals surface area contributed by atoms with Gasteiger partial charge in [0.15, 0.2) is 0 Å². The second kappa shape index (κ2) is 8.67. The highest BCUT2D eigenvalue weighted by Gasteiger charge is 2.20. The Kier molecular flexibility index (Phi) is 6.54. The summed E-state index contributed by atoms with van der Waals surface area (Å²) in [6.07, 6.45) is 6.67. The Balaban J connectivity index is 1.47. The topological polar surface area (TPSA) is 64.3 Å². The average Bonchev–Trinajstić information content (AvgIpc) is 2.91. The lowest BCUT2D eigenvalue weighted by molar-refractivity contribution is 0.139. The number of nitrogens with one attached hydrogen (secondary N) is 1. The minimum Gasteiger partial charge on any atom is -0.445 e. The number of carbonyl (C=O) groups is 1. The Morgan fingerprint density at radius 3 is 2.76 bits per heavy atom. The lowest BCUT2D eigenvalue weighted by atomic mass is 10.0. The molecule has 21 heavy (non-hydrogen) atoms. The molecule has 4 nitrogen and oxygen atoms in total. The fourth-order valence-corrected chi connectivity index (χ4v) is 2.90. The van der Waals surface area contributed by atoms with Crippen molar-refractivity contribution in [1.82, 2.24) is 5.32 Å². The third kappa shape index (κ3) is 6.17. The van der Waals surface area contributed by atoms with E-state index in [2.05, 4.69) is 5.32 Å². The molecule has 4 heteroatoms. The summed E-state index contributed by atoms with van der Waals surface area (Å²) in [5.41, 5.74) is 6.91. The highest BCUT2D eigenvalue weighted by Crippen LogP contribution is 2.28. The zero-order valence-corrected chi connectivity index (χ0v) is 12.6. The molecule has 1 saturated carbocycles. The van der Waals surface area contributed by atoms with E-state index in [1.807, 2.05) is 30.3 Å². The SMILES string of the molecule is N[C@H]1CC[C@H](CCCCNC(=O)OCc2ccccc2)C1. The fourth-order valence-electron chi connectivity index (χ4n) is 2.90. The van der Waals surface area contributed by atoms with Crippen LogP contribution in [-0.2, 0) is 11.3 Å². The maximum atomic E-state index is 11.5. The zero-order chi connectivity index (χ0) is 14.9. The van der Waals surface area contributed by atoms with E-state index in [1.165, 1.54) is 25.7 Å². The predicted molar refractivity (Wildman–Crippen MR) is 83.8 cm³/mol. The minimum atomic E-state index is -0.332. The van der Waals surface area contributed by atoms with Crippen molar-refractivity contribution in [3.8, 4) is 0 Å². The van der Waals surface area contributed by atoms with Crippen molar-refractivity contribution in [2.24, 2.45) is 11.7 Å². The van der Waals surface area contributed by atoms with Gasteiger partial charge in [0.25, 0.3) is 0 Å². The molecule has 1 fully saturated rings. The van der Waals surface area contributed by atoms with Crippen LogP contribution in [0.15, 0.2) is 30.3 Å². The lowest BCUT2D eigenvalue weighted by Crippen LogP contribution is -2.25. The highest BCUT2D eigenvalue weighted by molar-refractivity contribution is 5.67. The highest BCUT2D eigenvalue weighted by atomic mass is 16.5. The summed E-state index contributed by atoms with van der Waals surface area (Å²) in [6, 6.07) is 10.1. The molecule has 2 rings (SSSR count). The number of hydrogen-bond donors (Lipinski definition) is 2. The van der Waals surface area contributed by atoms with Crippen LogP contribution < -0.4 is 11.1 Å². The van der Waals surface area contributed by atoms with Crippen LogP contribution in [0, 0.1) is 5.92 Å². The molecule has 116 valence electrons. The van der Waals surface area contributed by atoms with Gasteiger partial charge in [-0.3, -0.25) is 0 Å². The van der Waals surface area contributed by atoms with Crippen molar-refractivity contribution >= 4 is 6.09 Å². The van der Waals surface area contributed by atoms with Crippen LogP contribution in [0.2, 0.25) is 0 Å². The Hall–Kier alpha value is -1.55. The summed E-state index contributed by atoms with van der Waals surface area (Å²) in [5, 5.41) is 2.80. The number of nitrogens with two attached hydrogens (primary N) is 1. The predicted octanol–water partition coefficient (Wildman–Crippen LogP) is 3.21. The number of carbonyl (C=O) groups excluding carboxylic acids is 1. The van der Waals surface area contributed by atoms with E-state index in [-0.39, 0.29) is 6.09 Å². The molecule has 0 radical (unpaired) electrons. The van der Waals surface area contributed by atoms with Crippen molar-refractivity contribution in [2.75, 3.05) is 6.54 Å². The fraction of sp³-hybridized carbons (Fsp3) is 0.588. The number of ether oxygens (including phenoxy) is 1. The molecule has 2 atom stereocenters. The zero-order valence-electron chi connectivity index (χ0n) is 12.6. The number of hydrogen-bond acceptors (Lipinski definition) is 3. The van der Waals surface area contributed by atoms with Gasteiger partial charge >= 0.3 is 6.09 Å². The van der Waals surface area contributed by atoms with Gasteiger partial charge in [0.1, 0.15) is 6.61 Å². The average molecular weight is 290 g/mol. The van der Waals surface area contributed by atoms with Gasteiger partial charge in [-0.2, -0.15) is 0 Å². The van der Waals surface area contributed by atoms with Crippen molar-refractivity contribution in [3.63, 3.8) is 0 Å². The van der Waals surface area contributed by atoms with E-state index in [9.17, 15) is 4.79 Å². The molecule has 0 aromatic heterocycles. The number of amides is 1. The van der Waals surface area contributed by atoms with Crippen LogP contribution in [0.4, 0.5) is 4.79 Å². The second-order valence-electron chi connectivity index (χ2n) is 5.92. The molecule has 0 unspecified atom stereocenters. The summed E-state index contributed by atoms with van der Waals surface area (Å²) >= 11 is 0. The van der Waals surface area contributed by atoms with E-state index in [0.717, 1.165) is 24.3 Å². The van der Waals surface area contributed by atoms with Crippen LogP contribution in [0.3, 0.4) is 0 Å². The Bertz CT molecular complexity index is 422. The molecule has 0 saturated heterocycles. The smallest absolute Gasteiger partial charge is 0.407 e. The first-order chi connectivity index (χ1) is 10.2. The van der Waals surface area contributed by atoms with E-state index in [4.69, 9.17) is 10.5 Å². The summed E-state index contributed by atoms with van der Waals surface area (Å²) in [5.74, 6) is 0.796. The van der Waals surface area contributed by atoms with Gasteiger partial charge in [0, 0.05) is 12.6 Å². The van der Waals surface area contributed by atoms with Crippen LogP contribution in [0.1, 0.15) is 44.1 Å². The largest absolute Gasteiger partial charge is 0.445 e. The standard InChI is InChI=1S/C17H26N2O2/c18-16-10-9-14(12-16)6-4-5-11-19-17(20)21-13-15-7-2-1-3-8-15/h1-3,7-8,14,16H,4-6,9-13,18H2,(H,19,20)/t14-,16-/m0/s1. The van der Waals surface area contributed by atoms with E-state index >= 15 is 0 Å². The molecule has 0 spiro atoms. The van der Waals surface area contributed by atoms with Gasteiger partial charge in [-0.15, -0.1) is 0 Å². The number of unbranched alkanes of at least 4 members (excludes halogenated alkanes) is 1. The normalized spacial score (nSPS) is 21.2. The van der Waals surface area contributed by atoms with Gasteiger partial charge in [0.2, 0.25) is 0 Å². The van der Waals surface area contributed by atoms with Crippen LogP contribution >= 0.6 is 0 Å². The molecule has 3 N–H and O–H groups in total. The third-order valence-electron chi connectivity index (χ3n) is 4.10. The lowest BCUT2D eigenvalue weighted by Gasteiger charge is -2.10. The van der Waals surface area contributed by atoms with Crippen molar-refractivity contribution in [1.29, 1.82) is 0 Å². The molecular formula is C17H26N2O2. The molecule has 1 aliphatic rings. The second-order valence-corrected chi connectivity index (χ2v) is 5.92. The number of benzene rings is 1. The van der Waals surface area contributed by atoms with Crippen molar-refractivity contribution in [3.05, 3.63) is 35.9 Å². The molecule has 1 aromatic rings. The Labute approximate surface area is 127 Å². The molecule has 1 amide bonds. The molecule has 0 bridgehead atoms. The van der Waals surface area contributed by atoms with E-state index in [1.54, 1.807) is 0 Å². The summed E-state index contributed by atoms with van der Waals surface area (Å²) in [7, 11) is 0. The summed E-state index contributed by atoms with van der Waals surface area (Å²) in [6.45, 7) is 1.01. The van der Waals surface area contributed by atoms with Crippen LogP contribution in [-0.4, -0.2) is 18.7 Å². The van der Waals surface area contributed by atoms with Gasteiger partial charge in [-0.05, 0) is 37.2 Å². The first kappa shape index (κ1) is 15.8. The van der Waals surface area contributed by atoms with Gasteiger partial charge in [0.05, 0.1) is 0 Å².